The van der Waals surface area contributed by atoms with E-state index in [9.17, 15) is 14.4 Å². The van der Waals surface area contributed by atoms with Crippen LogP contribution in [0.15, 0.2) is 30.5 Å². The maximum Gasteiger partial charge on any atom is 0.333 e. The number of rotatable bonds is 4. The Hall–Kier alpha value is -2.63. The molecular formula is C15H14N2O4. The number of amides is 2. The predicted octanol–water partition coefficient (Wildman–Crippen LogP) is 1.71. The second kappa shape index (κ2) is 5.40. The summed E-state index contributed by atoms with van der Waals surface area (Å²) in [4.78, 5) is 42.4. The summed E-state index contributed by atoms with van der Waals surface area (Å²) >= 11 is 0. The number of hydrogen-bond acceptors (Lipinski definition) is 4. The van der Waals surface area contributed by atoms with Crippen molar-refractivity contribution in [2.75, 3.05) is 0 Å². The van der Waals surface area contributed by atoms with E-state index in [1.54, 1.807) is 0 Å². The van der Waals surface area contributed by atoms with Crippen molar-refractivity contribution in [3.63, 3.8) is 0 Å². The van der Waals surface area contributed by atoms with E-state index in [1.165, 1.54) is 0 Å². The van der Waals surface area contributed by atoms with Gasteiger partial charge in [0.05, 0.1) is 6.42 Å². The Morgan fingerprint density at radius 1 is 1.19 bits per heavy atom. The molecule has 1 aliphatic heterocycles. The summed E-state index contributed by atoms with van der Waals surface area (Å²) < 4.78 is 0. The first-order chi connectivity index (χ1) is 10.1. The molecule has 21 heavy (non-hydrogen) atoms. The molecule has 2 aromatic rings. The quantitative estimate of drug-likeness (QED) is 0.868. The van der Waals surface area contributed by atoms with Crippen LogP contribution in [0.2, 0.25) is 0 Å². The van der Waals surface area contributed by atoms with Crippen molar-refractivity contribution in [1.29, 1.82) is 0 Å². The Labute approximate surface area is 120 Å². The van der Waals surface area contributed by atoms with E-state index in [1.807, 2.05) is 30.5 Å². The molecule has 1 aromatic carbocycles. The van der Waals surface area contributed by atoms with E-state index in [0.717, 1.165) is 16.5 Å². The number of aromatic nitrogens is 1. The zero-order valence-corrected chi connectivity index (χ0v) is 11.3. The van der Waals surface area contributed by atoms with Crippen LogP contribution in [0.5, 0.6) is 0 Å². The van der Waals surface area contributed by atoms with Crippen molar-refractivity contribution >= 4 is 28.7 Å². The predicted molar refractivity (Wildman–Crippen MR) is 73.8 cm³/mol. The third-order valence-corrected chi connectivity index (χ3v) is 3.47. The smallest absolute Gasteiger partial charge is 0.333 e. The lowest BCUT2D eigenvalue weighted by molar-refractivity contribution is -0.197. The molecule has 0 bridgehead atoms. The Bertz CT molecular complexity index is 703. The monoisotopic (exact) mass is 286 g/mol. The first-order valence-corrected chi connectivity index (χ1v) is 6.77. The zero-order chi connectivity index (χ0) is 14.8. The summed E-state index contributed by atoms with van der Waals surface area (Å²) in [7, 11) is 0. The van der Waals surface area contributed by atoms with E-state index in [4.69, 9.17) is 4.84 Å². The number of hydrogen-bond donors (Lipinski definition) is 1. The van der Waals surface area contributed by atoms with Crippen LogP contribution < -0.4 is 0 Å². The van der Waals surface area contributed by atoms with E-state index in [-0.39, 0.29) is 19.3 Å². The molecule has 0 aliphatic carbocycles. The molecule has 1 fully saturated rings. The van der Waals surface area contributed by atoms with Crippen molar-refractivity contribution in [2.24, 2.45) is 0 Å². The Morgan fingerprint density at radius 2 is 1.90 bits per heavy atom. The molecule has 1 N–H and O–H groups in total. The third-order valence-electron chi connectivity index (χ3n) is 3.47. The average molecular weight is 286 g/mol. The minimum atomic E-state index is -0.580. The zero-order valence-electron chi connectivity index (χ0n) is 11.3. The van der Waals surface area contributed by atoms with Crippen molar-refractivity contribution in [3.05, 3.63) is 36.0 Å². The highest BCUT2D eigenvalue weighted by Crippen LogP contribution is 2.19. The number of carbonyl (C=O) groups excluding carboxylic acids is 3. The number of nitrogens with zero attached hydrogens (tertiary/aromatic N) is 1. The summed E-state index contributed by atoms with van der Waals surface area (Å²) in [6.07, 6.45) is 2.66. The third kappa shape index (κ3) is 2.65. The molecule has 108 valence electrons. The van der Waals surface area contributed by atoms with Crippen LogP contribution in [0, 0.1) is 0 Å². The largest absolute Gasteiger partial charge is 0.361 e. The van der Waals surface area contributed by atoms with Crippen LogP contribution in [-0.4, -0.2) is 27.8 Å². The van der Waals surface area contributed by atoms with Crippen molar-refractivity contribution in [2.45, 2.75) is 25.7 Å². The SMILES string of the molecule is O=C(CCc1c[nH]c2ccccc12)ON1C(=O)CCC1=O. The number of hydroxylamine groups is 2. The van der Waals surface area contributed by atoms with Gasteiger partial charge >= 0.3 is 5.97 Å². The molecule has 1 aliphatic rings. The molecule has 6 heteroatoms. The maximum atomic E-state index is 11.7. The van der Waals surface area contributed by atoms with Gasteiger partial charge in [0.2, 0.25) is 0 Å². The number of carbonyl (C=O) groups is 3. The number of aryl methyl sites for hydroxylation is 1. The van der Waals surface area contributed by atoms with Gasteiger partial charge in [0.1, 0.15) is 0 Å². The Balaban J connectivity index is 1.61. The molecule has 0 atom stereocenters. The lowest BCUT2D eigenvalue weighted by Crippen LogP contribution is -2.32. The second-order valence-corrected chi connectivity index (χ2v) is 4.90. The minimum Gasteiger partial charge on any atom is -0.361 e. The van der Waals surface area contributed by atoms with Crippen LogP contribution in [0.25, 0.3) is 10.9 Å². The van der Waals surface area contributed by atoms with Gasteiger partial charge in [-0.1, -0.05) is 18.2 Å². The summed E-state index contributed by atoms with van der Waals surface area (Å²) in [5.41, 5.74) is 2.01. The van der Waals surface area contributed by atoms with Gasteiger partial charge in [0.15, 0.2) is 0 Å². The van der Waals surface area contributed by atoms with Crippen LogP contribution in [0.3, 0.4) is 0 Å². The molecule has 0 saturated carbocycles. The molecule has 2 amide bonds. The van der Waals surface area contributed by atoms with E-state index < -0.39 is 17.8 Å². The number of imide groups is 1. The number of fused-ring (bicyclic) bond motifs is 1. The van der Waals surface area contributed by atoms with Crippen LogP contribution >= 0.6 is 0 Å². The second-order valence-electron chi connectivity index (χ2n) is 4.90. The normalized spacial score (nSPS) is 15.0. The highest BCUT2D eigenvalue weighted by atomic mass is 16.7. The van der Waals surface area contributed by atoms with Crippen LogP contribution in [0.1, 0.15) is 24.8 Å². The van der Waals surface area contributed by atoms with Gasteiger partial charge < -0.3 is 9.82 Å². The van der Waals surface area contributed by atoms with Crippen molar-refractivity contribution < 1.29 is 19.2 Å². The topological polar surface area (TPSA) is 79.5 Å². The summed E-state index contributed by atoms with van der Waals surface area (Å²) in [6.45, 7) is 0. The molecule has 1 saturated heterocycles. The van der Waals surface area contributed by atoms with Gasteiger partial charge in [-0.2, -0.15) is 0 Å². The van der Waals surface area contributed by atoms with E-state index >= 15 is 0 Å². The molecule has 0 radical (unpaired) electrons. The van der Waals surface area contributed by atoms with Gasteiger partial charge in [-0.05, 0) is 18.1 Å². The first kappa shape index (κ1) is 13.4. The summed E-state index contributed by atoms with van der Waals surface area (Å²) in [6, 6.07) is 7.79. The van der Waals surface area contributed by atoms with E-state index in [2.05, 4.69) is 4.98 Å². The number of aromatic amines is 1. The number of benzene rings is 1. The standard InChI is InChI=1S/C15H14N2O4/c18-13-6-7-14(19)17(13)21-15(20)8-5-10-9-16-12-4-2-1-3-11(10)12/h1-4,9,16H,5-8H2. The number of nitrogens with one attached hydrogen (secondary N) is 1. The summed E-state index contributed by atoms with van der Waals surface area (Å²) in [5.74, 6) is -1.50. The Kier molecular flexibility index (Phi) is 3.43. The fourth-order valence-electron chi connectivity index (χ4n) is 2.38. The number of para-hydroxylation sites is 1. The lowest BCUT2D eigenvalue weighted by atomic mass is 10.1. The van der Waals surface area contributed by atoms with Gasteiger partial charge in [0, 0.05) is 29.9 Å². The maximum absolute atomic E-state index is 11.7. The molecular weight excluding hydrogens is 272 g/mol. The minimum absolute atomic E-state index is 0.106. The molecule has 2 heterocycles. The molecule has 3 rings (SSSR count). The van der Waals surface area contributed by atoms with Gasteiger partial charge in [-0.15, -0.1) is 5.06 Å². The van der Waals surface area contributed by atoms with Crippen molar-refractivity contribution in [1.82, 2.24) is 10.0 Å². The molecule has 0 unspecified atom stereocenters. The first-order valence-electron chi connectivity index (χ1n) is 6.77. The van der Waals surface area contributed by atoms with Crippen molar-refractivity contribution in [3.8, 4) is 0 Å². The Morgan fingerprint density at radius 3 is 2.67 bits per heavy atom. The lowest BCUT2D eigenvalue weighted by Gasteiger charge is -2.12. The molecule has 1 aromatic heterocycles. The fraction of sp³-hybridized carbons (Fsp3) is 0.267. The average Bonchev–Trinajstić information content (AvgIpc) is 3.03. The number of H-pyrrole nitrogens is 1. The van der Waals surface area contributed by atoms with Gasteiger partial charge in [-0.25, -0.2) is 4.79 Å². The molecule has 6 nitrogen and oxygen atoms in total. The summed E-state index contributed by atoms with van der Waals surface area (Å²) in [5, 5.41) is 1.64. The van der Waals surface area contributed by atoms with E-state index in [0.29, 0.717) is 11.5 Å². The van der Waals surface area contributed by atoms with Crippen LogP contribution in [0.4, 0.5) is 0 Å². The van der Waals surface area contributed by atoms with Gasteiger partial charge in [0.25, 0.3) is 11.8 Å². The van der Waals surface area contributed by atoms with Gasteiger partial charge in [-0.3, -0.25) is 9.59 Å². The fourth-order valence-corrected chi connectivity index (χ4v) is 2.38. The van der Waals surface area contributed by atoms with Crippen LogP contribution in [-0.2, 0) is 25.6 Å². The highest BCUT2D eigenvalue weighted by molar-refractivity contribution is 6.01. The highest BCUT2D eigenvalue weighted by Gasteiger charge is 2.32. The molecule has 0 spiro atoms.